The summed E-state index contributed by atoms with van der Waals surface area (Å²) in [4.78, 5) is 9.76. The van der Waals surface area contributed by atoms with Crippen LogP contribution in [0.4, 0.5) is 0 Å². The van der Waals surface area contributed by atoms with E-state index in [2.05, 4.69) is 15.1 Å². The molecule has 0 amide bonds. The molecule has 1 saturated heterocycles. The lowest BCUT2D eigenvalue weighted by Crippen LogP contribution is -2.24. The van der Waals surface area contributed by atoms with Crippen molar-refractivity contribution in [2.75, 3.05) is 6.61 Å². The average molecular weight is 351 g/mol. The van der Waals surface area contributed by atoms with Crippen LogP contribution in [0.3, 0.4) is 0 Å². The van der Waals surface area contributed by atoms with Crippen molar-refractivity contribution in [3.8, 4) is 22.3 Å². The fourth-order valence-electron chi connectivity index (χ4n) is 2.42. The molecule has 1 fully saturated rings. The van der Waals surface area contributed by atoms with Crippen LogP contribution in [0.1, 0.15) is 17.5 Å². The fourth-order valence-corrected chi connectivity index (χ4v) is 3.91. The van der Waals surface area contributed by atoms with Gasteiger partial charge in [-0.2, -0.15) is 4.98 Å². The lowest BCUT2D eigenvalue weighted by molar-refractivity contribution is -0.0225. The minimum atomic E-state index is -0.675. The van der Waals surface area contributed by atoms with Gasteiger partial charge in [0.15, 0.2) is 0 Å². The highest BCUT2D eigenvalue weighted by atomic mass is 32.1. The van der Waals surface area contributed by atoms with Gasteiger partial charge in [0, 0.05) is 11.8 Å². The van der Waals surface area contributed by atoms with Gasteiger partial charge in [0.25, 0.3) is 5.89 Å². The maximum atomic E-state index is 9.81. The van der Waals surface area contributed by atoms with Gasteiger partial charge >= 0.3 is 0 Å². The molecule has 7 nitrogen and oxygen atoms in total. The van der Waals surface area contributed by atoms with Gasteiger partial charge < -0.3 is 19.5 Å². The van der Waals surface area contributed by atoms with Gasteiger partial charge in [-0.3, -0.25) is 0 Å². The SMILES string of the molecule is OC[C@H]1O[C@@H](c2nc(-c3nc(-c4cccs4)no3)cs2)C[C@@H]1O. The number of nitrogens with zero attached hydrogens (tertiary/aromatic N) is 3. The first-order valence-electron chi connectivity index (χ1n) is 7.02. The van der Waals surface area contributed by atoms with Gasteiger partial charge in [-0.05, 0) is 11.4 Å². The molecule has 9 heteroatoms. The summed E-state index contributed by atoms with van der Waals surface area (Å²) in [5.74, 6) is 0.894. The van der Waals surface area contributed by atoms with Gasteiger partial charge in [0.1, 0.15) is 22.9 Å². The molecule has 2 N–H and O–H groups in total. The summed E-state index contributed by atoms with van der Waals surface area (Å²) in [5, 5.41) is 27.4. The van der Waals surface area contributed by atoms with Crippen molar-refractivity contribution in [2.24, 2.45) is 0 Å². The third kappa shape index (κ3) is 2.81. The van der Waals surface area contributed by atoms with E-state index < -0.39 is 12.2 Å². The molecular formula is C14H13N3O4S2. The minimum absolute atomic E-state index is 0.205. The fraction of sp³-hybridized carbons (Fsp3) is 0.357. The molecule has 0 aromatic carbocycles. The predicted octanol–water partition coefficient (Wildman–Crippen LogP) is 2.10. The Bertz CT molecular complexity index is 786. The highest BCUT2D eigenvalue weighted by Gasteiger charge is 2.36. The van der Waals surface area contributed by atoms with E-state index in [1.54, 1.807) is 0 Å². The maximum absolute atomic E-state index is 9.81. The molecule has 3 aromatic heterocycles. The third-order valence-electron chi connectivity index (χ3n) is 3.59. The molecule has 1 aliphatic heterocycles. The van der Waals surface area contributed by atoms with Crippen LogP contribution in [-0.4, -0.2) is 44.2 Å². The van der Waals surface area contributed by atoms with Crippen LogP contribution in [-0.2, 0) is 4.74 Å². The van der Waals surface area contributed by atoms with Crippen molar-refractivity contribution in [3.05, 3.63) is 27.9 Å². The Hall–Kier alpha value is -1.65. The molecule has 4 heterocycles. The van der Waals surface area contributed by atoms with Crippen molar-refractivity contribution < 1.29 is 19.5 Å². The van der Waals surface area contributed by atoms with Gasteiger partial charge in [-0.25, -0.2) is 4.98 Å². The first-order valence-corrected chi connectivity index (χ1v) is 8.78. The molecular weight excluding hydrogens is 338 g/mol. The Morgan fingerprint density at radius 1 is 1.30 bits per heavy atom. The highest BCUT2D eigenvalue weighted by Crippen LogP contribution is 2.36. The predicted molar refractivity (Wildman–Crippen MR) is 84.0 cm³/mol. The first kappa shape index (κ1) is 14.9. The van der Waals surface area contributed by atoms with Crippen molar-refractivity contribution in [2.45, 2.75) is 24.7 Å². The summed E-state index contributed by atoms with van der Waals surface area (Å²) in [6.07, 6.45) is -1.13. The summed E-state index contributed by atoms with van der Waals surface area (Å²) in [7, 11) is 0. The van der Waals surface area contributed by atoms with Crippen LogP contribution in [0.5, 0.6) is 0 Å². The number of rotatable bonds is 4. The van der Waals surface area contributed by atoms with E-state index in [9.17, 15) is 5.11 Å². The van der Waals surface area contributed by atoms with E-state index >= 15 is 0 Å². The van der Waals surface area contributed by atoms with Crippen molar-refractivity contribution in [1.82, 2.24) is 15.1 Å². The van der Waals surface area contributed by atoms with Gasteiger partial charge in [0.05, 0.1) is 17.6 Å². The molecule has 120 valence electrons. The molecule has 1 aliphatic rings. The Morgan fingerprint density at radius 3 is 2.96 bits per heavy atom. The number of hydrogen-bond acceptors (Lipinski definition) is 9. The molecule has 3 aromatic rings. The van der Waals surface area contributed by atoms with E-state index in [-0.39, 0.29) is 12.7 Å². The molecule has 0 saturated carbocycles. The summed E-state index contributed by atoms with van der Waals surface area (Å²) >= 11 is 2.95. The molecule has 0 spiro atoms. The third-order valence-corrected chi connectivity index (χ3v) is 5.39. The van der Waals surface area contributed by atoms with E-state index in [0.29, 0.717) is 23.8 Å². The summed E-state index contributed by atoms with van der Waals surface area (Å²) in [6.45, 7) is -0.205. The lowest BCUT2D eigenvalue weighted by Gasteiger charge is -2.09. The number of thiophene rings is 1. The van der Waals surface area contributed by atoms with E-state index in [4.69, 9.17) is 14.4 Å². The summed E-state index contributed by atoms with van der Waals surface area (Å²) < 4.78 is 10.9. The zero-order valence-corrected chi connectivity index (χ0v) is 13.5. The molecule has 3 atom stereocenters. The van der Waals surface area contributed by atoms with Crippen LogP contribution in [0.15, 0.2) is 27.4 Å². The van der Waals surface area contributed by atoms with Crippen molar-refractivity contribution in [1.29, 1.82) is 0 Å². The zero-order chi connectivity index (χ0) is 15.8. The smallest absolute Gasteiger partial charge is 0.277 e. The second-order valence-corrected chi connectivity index (χ2v) is 6.96. The quantitative estimate of drug-likeness (QED) is 0.742. The average Bonchev–Trinajstić information content (AvgIpc) is 3.32. The lowest BCUT2D eigenvalue weighted by atomic mass is 10.1. The van der Waals surface area contributed by atoms with Crippen molar-refractivity contribution >= 4 is 22.7 Å². The highest BCUT2D eigenvalue weighted by molar-refractivity contribution is 7.13. The number of aliphatic hydroxyl groups is 2. The van der Waals surface area contributed by atoms with Gasteiger partial charge in [-0.15, -0.1) is 22.7 Å². The Labute approximate surface area is 139 Å². The Morgan fingerprint density at radius 2 is 2.22 bits per heavy atom. The topological polar surface area (TPSA) is 102 Å². The van der Waals surface area contributed by atoms with E-state index in [1.165, 1.54) is 22.7 Å². The van der Waals surface area contributed by atoms with Crippen LogP contribution in [0.25, 0.3) is 22.3 Å². The van der Waals surface area contributed by atoms with Crippen LogP contribution in [0, 0.1) is 0 Å². The monoisotopic (exact) mass is 351 g/mol. The number of aliphatic hydroxyl groups excluding tert-OH is 2. The molecule has 0 bridgehead atoms. The second kappa shape index (κ2) is 6.10. The van der Waals surface area contributed by atoms with Crippen molar-refractivity contribution in [3.63, 3.8) is 0 Å². The second-order valence-electron chi connectivity index (χ2n) is 5.12. The largest absolute Gasteiger partial charge is 0.394 e. The van der Waals surface area contributed by atoms with Crippen LogP contribution < -0.4 is 0 Å². The van der Waals surface area contributed by atoms with Crippen LogP contribution in [0.2, 0.25) is 0 Å². The molecule has 0 unspecified atom stereocenters. The summed E-state index contributed by atoms with van der Waals surface area (Å²) in [6, 6.07) is 3.85. The minimum Gasteiger partial charge on any atom is -0.394 e. The van der Waals surface area contributed by atoms with Crippen LogP contribution >= 0.6 is 22.7 Å². The normalized spacial score (nSPS) is 24.3. The molecule has 23 heavy (non-hydrogen) atoms. The maximum Gasteiger partial charge on any atom is 0.277 e. The van der Waals surface area contributed by atoms with Gasteiger partial charge in [0.2, 0.25) is 5.82 Å². The van der Waals surface area contributed by atoms with E-state index in [0.717, 1.165) is 9.88 Å². The number of hydrogen-bond donors (Lipinski definition) is 2. The zero-order valence-electron chi connectivity index (χ0n) is 11.8. The Kier molecular flexibility index (Phi) is 3.95. The molecule has 0 aliphatic carbocycles. The van der Waals surface area contributed by atoms with Gasteiger partial charge in [-0.1, -0.05) is 11.2 Å². The molecule has 0 radical (unpaired) electrons. The first-order chi connectivity index (χ1) is 11.2. The number of ether oxygens (including phenoxy) is 1. The standard InChI is InChI=1S/C14H13N3O4S2/c18-5-10-8(19)4-9(20-10)14-15-7(6-23-14)13-16-12(17-21-13)11-2-1-3-22-11/h1-3,6,8-10,18-19H,4-5H2/t8-,9+,10+/m0/s1. The Balaban J connectivity index is 1.55. The molecule has 4 rings (SSSR count). The number of aromatic nitrogens is 3. The number of thiazole rings is 1. The summed E-state index contributed by atoms with van der Waals surface area (Å²) in [5.41, 5.74) is 0.589. The van der Waals surface area contributed by atoms with E-state index in [1.807, 2.05) is 22.9 Å².